The second-order valence-electron chi connectivity index (χ2n) is 7.23. The summed E-state index contributed by atoms with van der Waals surface area (Å²) in [5.41, 5.74) is 1.40. The zero-order valence-electron chi connectivity index (χ0n) is 13.8. The molecule has 0 spiro atoms. The first-order chi connectivity index (χ1) is 11.3. The molecule has 5 heteroatoms. The largest absolute Gasteiger partial charge is 0.378 e. The lowest BCUT2D eigenvalue weighted by Crippen LogP contribution is -2.44. The molecule has 2 aliphatic heterocycles. The van der Waals surface area contributed by atoms with Gasteiger partial charge in [-0.2, -0.15) is 0 Å². The molecule has 1 saturated heterocycles. The van der Waals surface area contributed by atoms with E-state index < -0.39 is 0 Å². The van der Waals surface area contributed by atoms with Gasteiger partial charge in [0.25, 0.3) is 0 Å². The molecule has 126 valence electrons. The highest BCUT2D eigenvalue weighted by molar-refractivity contribution is 5.76. The summed E-state index contributed by atoms with van der Waals surface area (Å²) >= 11 is 0. The maximum atomic E-state index is 12.6. The lowest BCUT2D eigenvalue weighted by Gasteiger charge is -2.38. The molecular weight excluding hydrogens is 290 g/mol. The average molecular weight is 317 g/mol. The van der Waals surface area contributed by atoms with Gasteiger partial charge < -0.3 is 14.2 Å². The molecule has 3 aliphatic rings. The monoisotopic (exact) mass is 317 g/mol. The Balaban J connectivity index is 1.44. The van der Waals surface area contributed by atoms with Gasteiger partial charge in [-0.25, -0.2) is 0 Å². The lowest BCUT2D eigenvalue weighted by molar-refractivity contribution is -0.136. The summed E-state index contributed by atoms with van der Waals surface area (Å²) in [6.45, 7) is 5.96. The van der Waals surface area contributed by atoms with E-state index in [1.165, 1.54) is 25.0 Å². The highest BCUT2D eigenvalue weighted by Gasteiger charge is 2.31. The van der Waals surface area contributed by atoms with Gasteiger partial charge in [0.05, 0.1) is 13.2 Å². The van der Waals surface area contributed by atoms with E-state index in [9.17, 15) is 4.79 Å². The van der Waals surface area contributed by atoms with Crippen LogP contribution < -0.4 is 0 Å². The van der Waals surface area contributed by atoms with E-state index in [1.807, 2.05) is 4.90 Å². The van der Waals surface area contributed by atoms with E-state index in [2.05, 4.69) is 27.8 Å². The van der Waals surface area contributed by atoms with E-state index in [1.54, 1.807) is 0 Å². The topological polar surface area (TPSA) is 37.7 Å². The second kappa shape index (κ2) is 6.65. The van der Waals surface area contributed by atoms with Gasteiger partial charge >= 0.3 is 0 Å². The zero-order chi connectivity index (χ0) is 15.6. The van der Waals surface area contributed by atoms with Crippen molar-refractivity contribution in [1.82, 2.24) is 14.4 Å². The molecule has 2 fully saturated rings. The summed E-state index contributed by atoms with van der Waals surface area (Å²) < 4.78 is 7.72. The van der Waals surface area contributed by atoms with Crippen LogP contribution in [0.5, 0.6) is 0 Å². The van der Waals surface area contributed by atoms with Crippen LogP contribution in [0.15, 0.2) is 18.3 Å². The van der Waals surface area contributed by atoms with Gasteiger partial charge in [-0.05, 0) is 30.9 Å². The number of amides is 1. The molecule has 1 aromatic rings. The number of aromatic nitrogens is 1. The number of carbonyl (C=O) groups excluding carboxylic acids is 1. The fourth-order valence-electron chi connectivity index (χ4n) is 4.06. The van der Waals surface area contributed by atoms with E-state index >= 15 is 0 Å². The van der Waals surface area contributed by atoms with E-state index in [0.29, 0.717) is 31.5 Å². The first-order valence-corrected chi connectivity index (χ1v) is 9.03. The standard InChI is InChI=1S/C18H27N3O2/c22-18(19-7-9-23-10-8-19)11-15-12-20-6-2-5-17(20)14-21(13-15)16-3-1-4-16/h2,5-6,15-16H,1,3-4,7-14H2. The Morgan fingerprint density at radius 3 is 2.78 bits per heavy atom. The highest BCUT2D eigenvalue weighted by Crippen LogP contribution is 2.30. The quantitative estimate of drug-likeness (QED) is 0.852. The fourth-order valence-corrected chi connectivity index (χ4v) is 4.06. The van der Waals surface area contributed by atoms with Crippen LogP contribution in [0.2, 0.25) is 0 Å². The minimum Gasteiger partial charge on any atom is -0.378 e. The number of fused-ring (bicyclic) bond motifs is 1. The van der Waals surface area contributed by atoms with E-state index in [-0.39, 0.29) is 0 Å². The molecule has 5 nitrogen and oxygen atoms in total. The first kappa shape index (κ1) is 15.2. The number of morpholine rings is 1. The summed E-state index contributed by atoms with van der Waals surface area (Å²) in [7, 11) is 0. The predicted octanol–water partition coefficient (Wildman–Crippen LogP) is 1.72. The van der Waals surface area contributed by atoms with Gasteiger partial charge in [-0.1, -0.05) is 6.42 Å². The van der Waals surface area contributed by atoms with Gasteiger partial charge in [-0.3, -0.25) is 9.69 Å². The number of hydrogen-bond donors (Lipinski definition) is 0. The van der Waals surface area contributed by atoms with E-state index in [4.69, 9.17) is 4.74 Å². The lowest BCUT2D eigenvalue weighted by atomic mass is 9.90. The Bertz CT molecular complexity index is 546. The van der Waals surface area contributed by atoms with Gasteiger partial charge in [0, 0.05) is 57.1 Å². The Hall–Kier alpha value is -1.33. The Kier molecular flexibility index (Phi) is 4.40. The first-order valence-electron chi connectivity index (χ1n) is 9.03. The Labute approximate surface area is 138 Å². The Morgan fingerprint density at radius 1 is 1.22 bits per heavy atom. The molecule has 0 radical (unpaired) electrons. The van der Waals surface area contributed by atoms with Crippen molar-refractivity contribution in [2.45, 2.75) is 44.8 Å². The van der Waals surface area contributed by atoms with Crippen molar-refractivity contribution < 1.29 is 9.53 Å². The minimum absolute atomic E-state index is 0.308. The van der Waals surface area contributed by atoms with Crippen LogP contribution in [0.1, 0.15) is 31.4 Å². The van der Waals surface area contributed by atoms with Crippen LogP contribution in [-0.2, 0) is 22.6 Å². The fraction of sp³-hybridized carbons (Fsp3) is 0.722. The zero-order valence-corrected chi connectivity index (χ0v) is 13.8. The van der Waals surface area contributed by atoms with Crippen LogP contribution in [-0.4, -0.2) is 59.2 Å². The number of carbonyl (C=O) groups is 1. The third kappa shape index (κ3) is 3.31. The van der Waals surface area contributed by atoms with E-state index in [0.717, 1.165) is 38.8 Å². The van der Waals surface area contributed by atoms with Gasteiger partial charge in [-0.15, -0.1) is 0 Å². The highest BCUT2D eigenvalue weighted by atomic mass is 16.5. The smallest absolute Gasteiger partial charge is 0.223 e. The van der Waals surface area contributed by atoms with Crippen LogP contribution in [0.4, 0.5) is 0 Å². The van der Waals surface area contributed by atoms with Crippen LogP contribution in [0.3, 0.4) is 0 Å². The minimum atomic E-state index is 0.308. The summed E-state index contributed by atoms with van der Waals surface area (Å²) in [6.07, 6.45) is 6.85. The van der Waals surface area contributed by atoms with Crippen molar-refractivity contribution in [3.63, 3.8) is 0 Å². The molecule has 1 atom stereocenters. The number of ether oxygens (including phenoxy) is 1. The average Bonchev–Trinajstić information content (AvgIpc) is 2.86. The summed E-state index contributed by atoms with van der Waals surface area (Å²) in [5, 5.41) is 0. The van der Waals surface area contributed by atoms with Crippen LogP contribution in [0, 0.1) is 5.92 Å². The molecule has 1 unspecified atom stereocenters. The predicted molar refractivity (Wildman–Crippen MR) is 88.0 cm³/mol. The van der Waals surface area contributed by atoms with Gasteiger partial charge in [0.1, 0.15) is 0 Å². The van der Waals surface area contributed by atoms with Gasteiger partial charge in [0.15, 0.2) is 0 Å². The maximum Gasteiger partial charge on any atom is 0.223 e. The van der Waals surface area contributed by atoms with Gasteiger partial charge in [0.2, 0.25) is 5.91 Å². The number of rotatable bonds is 3. The molecule has 1 amide bonds. The molecule has 0 aromatic carbocycles. The molecule has 1 saturated carbocycles. The Morgan fingerprint density at radius 2 is 2.04 bits per heavy atom. The third-order valence-electron chi connectivity index (χ3n) is 5.65. The molecule has 4 rings (SSSR count). The van der Waals surface area contributed by atoms with Crippen LogP contribution >= 0.6 is 0 Å². The summed E-state index contributed by atoms with van der Waals surface area (Å²) in [4.78, 5) is 17.2. The van der Waals surface area contributed by atoms with Crippen molar-refractivity contribution >= 4 is 5.91 Å². The second-order valence-corrected chi connectivity index (χ2v) is 7.23. The van der Waals surface area contributed by atoms with Crippen molar-refractivity contribution in [2.75, 3.05) is 32.8 Å². The van der Waals surface area contributed by atoms with Crippen LogP contribution in [0.25, 0.3) is 0 Å². The summed E-state index contributed by atoms with van der Waals surface area (Å²) in [5.74, 6) is 0.724. The van der Waals surface area contributed by atoms with Crippen molar-refractivity contribution in [3.8, 4) is 0 Å². The van der Waals surface area contributed by atoms with Crippen molar-refractivity contribution in [3.05, 3.63) is 24.0 Å². The molecular formula is C18H27N3O2. The molecule has 1 aromatic heterocycles. The molecule has 0 bridgehead atoms. The normalized spacial score (nSPS) is 26.4. The third-order valence-corrected chi connectivity index (χ3v) is 5.65. The molecule has 3 heterocycles. The maximum absolute atomic E-state index is 12.6. The SMILES string of the molecule is O=C(CC1CN(C2CCC2)Cc2cccn2C1)N1CCOCC1. The molecule has 1 aliphatic carbocycles. The van der Waals surface area contributed by atoms with Crippen molar-refractivity contribution in [1.29, 1.82) is 0 Å². The number of hydrogen-bond acceptors (Lipinski definition) is 3. The van der Waals surface area contributed by atoms with Crippen molar-refractivity contribution in [2.24, 2.45) is 5.92 Å². The number of nitrogens with zero attached hydrogens (tertiary/aromatic N) is 3. The molecule has 23 heavy (non-hydrogen) atoms. The summed E-state index contributed by atoms with van der Waals surface area (Å²) in [6, 6.07) is 5.11. The molecule has 0 N–H and O–H groups in total.